The van der Waals surface area contributed by atoms with Gasteiger partial charge in [-0.05, 0) is 23.3 Å². The van der Waals surface area contributed by atoms with E-state index in [1.165, 1.54) is 12.1 Å². The molecule has 0 N–H and O–H groups in total. The summed E-state index contributed by atoms with van der Waals surface area (Å²) in [5.41, 5.74) is 2.63. The summed E-state index contributed by atoms with van der Waals surface area (Å²) in [5.74, 6) is -1.03. The lowest BCUT2D eigenvalue weighted by molar-refractivity contribution is 0.0471. The summed E-state index contributed by atoms with van der Waals surface area (Å²) in [6.07, 6.45) is 2.16. The molecular formula is C19H16ClFN2O2. The predicted molar refractivity (Wildman–Crippen MR) is 93.0 cm³/mol. The highest BCUT2D eigenvalue weighted by molar-refractivity contribution is 6.30. The van der Waals surface area contributed by atoms with E-state index >= 15 is 0 Å². The van der Waals surface area contributed by atoms with E-state index in [0.29, 0.717) is 23.2 Å². The number of hydrogen-bond donors (Lipinski definition) is 0. The fourth-order valence-electron chi connectivity index (χ4n) is 2.48. The number of halogens is 2. The van der Waals surface area contributed by atoms with Gasteiger partial charge in [-0.3, -0.25) is 4.68 Å². The lowest BCUT2D eigenvalue weighted by Gasteiger charge is -2.06. The Morgan fingerprint density at radius 3 is 2.68 bits per heavy atom. The monoisotopic (exact) mass is 358 g/mol. The van der Waals surface area contributed by atoms with Gasteiger partial charge >= 0.3 is 5.97 Å². The van der Waals surface area contributed by atoms with Gasteiger partial charge in [0.1, 0.15) is 18.0 Å². The van der Waals surface area contributed by atoms with E-state index in [0.717, 1.165) is 5.56 Å². The number of carbonyl (C=O) groups is 1. The van der Waals surface area contributed by atoms with Crippen LogP contribution in [0, 0.1) is 5.82 Å². The highest BCUT2D eigenvalue weighted by Gasteiger charge is 2.17. The van der Waals surface area contributed by atoms with Crippen LogP contribution >= 0.6 is 11.6 Å². The fourth-order valence-corrected chi connectivity index (χ4v) is 2.60. The summed E-state index contributed by atoms with van der Waals surface area (Å²) in [4.78, 5) is 12.4. The fraction of sp³-hybridized carbons (Fsp3) is 0.158. The Morgan fingerprint density at radius 1 is 1.20 bits per heavy atom. The largest absolute Gasteiger partial charge is 0.457 e. The van der Waals surface area contributed by atoms with Crippen molar-refractivity contribution in [2.75, 3.05) is 0 Å². The quantitative estimate of drug-likeness (QED) is 0.643. The number of nitrogens with zero attached hydrogens (tertiary/aromatic N) is 2. The first-order valence-corrected chi connectivity index (χ1v) is 8.08. The topological polar surface area (TPSA) is 44.1 Å². The standard InChI is InChI=1S/C19H16ClFN2O2/c1-23-11-15(18(22-23)10-13-5-3-2-4-6-13)19(24)25-12-14-7-8-16(20)17(21)9-14/h2-9,11H,10,12H2,1H3. The van der Waals surface area contributed by atoms with Crippen molar-refractivity contribution in [2.24, 2.45) is 7.05 Å². The van der Waals surface area contributed by atoms with Gasteiger partial charge in [0.2, 0.25) is 0 Å². The summed E-state index contributed by atoms with van der Waals surface area (Å²) < 4.78 is 20.3. The van der Waals surface area contributed by atoms with Crippen LogP contribution in [-0.4, -0.2) is 15.7 Å². The van der Waals surface area contributed by atoms with Crippen LogP contribution in [0.4, 0.5) is 4.39 Å². The summed E-state index contributed by atoms with van der Waals surface area (Å²) in [5, 5.41) is 4.38. The molecule has 3 aromatic rings. The normalized spacial score (nSPS) is 10.7. The molecule has 0 unspecified atom stereocenters. The summed E-state index contributed by atoms with van der Waals surface area (Å²) >= 11 is 5.65. The number of aryl methyl sites for hydroxylation is 1. The van der Waals surface area contributed by atoms with Gasteiger partial charge in [-0.2, -0.15) is 5.10 Å². The Kier molecular flexibility index (Phi) is 5.14. The lowest BCUT2D eigenvalue weighted by Crippen LogP contribution is -2.07. The van der Waals surface area contributed by atoms with Crippen LogP contribution in [-0.2, 0) is 24.8 Å². The molecule has 0 radical (unpaired) electrons. The first-order chi connectivity index (χ1) is 12.0. The molecule has 1 aromatic heterocycles. The van der Waals surface area contributed by atoms with Gasteiger partial charge in [0.25, 0.3) is 0 Å². The smallest absolute Gasteiger partial charge is 0.341 e. The van der Waals surface area contributed by atoms with E-state index in [4.69, 9.17) is 16.3 Å². The summed E-state index contributed by atoms with van der Waals surface area (Å²) in [7, 11) is 1.75. The van der Waals surface area contributed by atoms with Crippen LogP contribution < -0.4 is 0 Å². The second-order valence-electron chi connectivity index (χ2n) is 5.65. The van der Waals surface area contributed by atoms with E-state index in [9.17, 15) is 9.18 Å². The van der Waals surface area contributed by atoms with Crippen LogP contribution in [0.2, 0.25) is 5.02 Å². The molecule has 6 heteroatoms. The first kappa shape index (κ1) is 17.2. The van der Waals surface area contributed by atoms with Gasteiger partial charge in [-0.15, -0.1) is 0 Å². The highest BCUT2D eigenvalue weighted by atomic mass is 35.5. The molecule has 0 bridgehead atoms. The molecule has 128 valence electrons. The average molecular weight is 359 g/mol. The van der Waals surface area contributed by atoms with Crippen LogP contribution in [0.15, 0.2) is 54.7 Å². The second-order valence-corrected chi connectivity index (χ2v) is 6.06. The zero-order valence-corrected chi connectivity index (χ0v) is 14.3. The van der Waals surface area contributed by atoms with Gasteiger partial charge in [-0.1, -0.05) is 48.0 Å². The minimum Gasteiger partial charge on any atom is -0.457 e. The van der Waals surface area contributed by atoms with Gasteiger partial charge in [0.15, 0.2) is 0 Å². The van der Waals surface area contributed by atoms with Crippen molar-refractivity contribution in [1.29, 1.82) is 0 Å². The number of hydrogen-bond acceptors (Lipinski definition) is 3. The van der Waals surface area contributed by atoms with Gasteiger partial charge in [-0.25, -0.2) is 9.18 Å². The van der Waals surface area contributed by atoms with Crippen LogP contribution in [0.3, 0.4) is 0 Å². The van der Waals surface area contributed by atoms with Crippen molar-refractivity contribution in [2.45, 2.75) is 13.0 Å². The minimum absolute atomic E-state index is 0.0347. The Labute approximate surface area is 149 Å². The first-order valence-electron chi connectivity index (χ1n) is 7.70. The van der Waals surface area contributed by atoms with Crippen molar-refractivity contribution in [3.8, 4) is 0 Å². The molecular weight excluding hydrogens is 343 g/mol. The molecule has 0 saturated heterocycles. The van der Waals surface area contributed by atoms with Crippen molar-refractivity contribution < 1.29 is 13.9 Å². The van der Waals surface area contributed by atoms with Crippen molar-refractivity contribution in [1.82, 2.24) is 9.78 Å². The maximum absolute atomic E-state index is 13.5. The van der Waals surface area contributed by atoms with Crippen molar-refractivity contribution in [3.63, 3.8) is 0 Å². The number of esters is 1. The number of aromatic nitrogens is 2. The van der Waals surface area contributed by atoms with E-state index in [1.807, 2.05) is 30.3 Å². The second kappa shape index (κ2) is 7.49. The van der Waals surface area contributed by atoms with Crippen molar-refractivity contribution >= 4 is 17.6 Å². The maximum Gasteiger partial charge on any atom is 0.341 e. The van der Waals surface area contributed by atoms with Crippen LogP contribution in [0.25, 0.3) is 0 Å². The summed E-state index contributed by atoms with van der Waals surface area (Å²) in [6.45, 7) is -0.0351. The molecule has 3 rings (SSSR count). The van der Waals surface area contributed by atoms with Gasteiger partial charge in [0, 0.05) is 19.7 Å². The number of benzene rings is 2. The minimum atomic E-state index is -0.540. The lowest BCUT2D eigenvalue weighted by atomic mass is 10.1. The Hall–Kier alpha value is -2.66. The number of ether oxygens (including phenoxy) is 1. The third kappa shape index (κ3) is 4.25. The Morgan fingerprint density at radius 2 is 1.96 bits per heavy atom. The van der Waals surface area contributed by atoms with Crippen LogP contribution in [0.1, 0.15) is 27.2 Å². The number of carbonyl (C=O) groups excluding carboxylic acids is 1. The summed E-state index contributed by atoms with van der Waals surface area (Å²) in [6, 6.07) is 14.1. The van der Waals surface area contributed by atoms with E-state index in [-0.39, 0.29) is 11.6 Å². The highest BCUT2D eigenvalue weighted by Crippen LogP contribution is 2.18. The molecule has 0 spiro atoms. The zero-order valence-electron chi connectivity index (χ0n) is 13.6. The third-order valence-corrected chi connectivity index (χ3v) is 4.00. The zero-order chi connectivity index (χ0) is 17.8. The van der Waals surface area contributed by atoms with Crippen LogP contribution in [0.5, 0.6) is 0 Å². The van der Waals surface area contributed by atoms with Gasteiger partial charge in [0.05, 0.1) is 10.7 Å². The van der Waals surface area contributed by atoms with E-state index in [2.05, 4.69) is 5.10 Å². The molecule has 2 aromatic carbocycles. The molecule has 0 atom stereocenters. The molecule has 0 aliphatic carbocycles. The Bertz CT molecular complexity index is 894. The van der Waals surface area contributed by atoms with Crippen molar-refractivity contribution in [3.05, 3.63) is 88.0 Å². The van der Waals surface area contributed by atoms with E-state index in [1.54, 1.807) is 24.0 Å². The Balaban J connectivity index is 1.72. The molecule has 0 aliphatic rings. The third-order valence-electron chi connectivity index (χ3n) is 3.69. The van der Waals surface area contributed by atoms with E-state index < -0.39 is 11.8 Å². The molecule has 4 nitrogen and oxygen atoms in total. The SMILES string of the molecule is Cn1cc(C(=O)OCc2ccc(Cl)c(F)c2)c(Cc2ccccc2)n1. The van der Waals surface area contributed by atoms with Gasteiger partial charge < -0.3 is 4.74 Å². The average Bonchev–Trinajstić information content (AvgIpc) is 2.97. The molecule has 0 fully saturated rings. The molecule has 25 heavy (non-hydrogen) atoms. The maximum atomic E-state index is 13.5. The number of rotatable bonds is 5. The molecule has 1 heterocycles. The predicted octanol–water partition coefficient (Wildman–Crippen LogP) is 4.16. The molecule has 0 amide bonds. The molecule has 0 saturated carbocycles. The molecule has 0 aliphatic heterocycles.